The maximum atomic E-state index is 13.0. The van der Waals surface area contributed by atoms with E-state index in [-0.39, 0.29) is 12.4 Å². The summed E-state index contributed by atoms with van der Waals surface area (Å²) in [6.45, 7) is -0.466. The Morgan fingerprint density at radius 2 is 2.04 bits per heavy atom. The minimum absolute atomic E-state index is 0.287. The van der Waals surface area contributed by atoms with Crippen molar-refractivity contribution in [2.75, 3.05) is 13.1 Å². The molecule has 2 heterocycles. The molecule has 5 nitrogen and oxygen atoms in total. The number of oxazole rings is 1. The van der Waals surface area contributed by atoms with Crippen LogP contribution >= 0.6 is 0 Å². The Morgan fingerprint density at radius 1 is 1.31 bits per heavy atom. The van der Waals surface area contributed by atoms with Gasteiger partial charge in [0.05, 0.1) is 11.7 Å². The summed E-state index contributed by atoms with van der Waals surface area (Å²) < 4.78 is 55.1. The smallest absolute Gasteiger partial charge is 0.405 e. The van der Waals surface area contributed by atoms with Gasteiger partial charge in [0.2, 0.25) is 11.8 Å². The van der Waals surface area contributed by atoms with E-state index in [4.69, 9.17) is 4.42 Å². The lowest BCUT2D eigenvalue weighted by Gasteiger charge is -2.22. The zero-order valence-corrected chi connectivity index (χ0v) is 13.7. The number of aromatic nitrogens is 1. The number of hydrogen-bond donors (Lipinski definition) is 1. The molecule has 0 aliphatic carbocycles. The number of halogens is 4. The van der Waals surface area contributed by atoms with Crippen molar-refractivity contribution in [3.05, 3.63) is 42.0 Å². The van der Waals surface area contributed by atoms with Gasteiger partial charge in [-0.25, -0.2) is 9.37 Å². The van der Waals surface area contributed by atoms with E-state index >= 15 is 0 Å². The standard InChI is InChI=1S/C17H17F4N3O2/c18-12-5-3-11(4-6-12)16-23-13(9-26-16)8-24-7-1-2-14(24)15(25)22-10-17(19,20)21/h3-6,9,14H,1-2,7-8,10H2,(H,22,25)/t14-/m1/s1. The second-order valence-corrected chi connectivity index (χ2v) is 6.11. The zero-order valence-electron chi connectivity index (χ0n) is 13.7. The van der Waals surface area contributed by atoms with Crippen molar-refractivity contribution in [1.29, 1.82) is 0 Å². The summed E-state index contributed by atoms with van der Waals surface area (Å²) in [4.78, 5) is 18.1. The largest absolute Gasteiger partial charge is 0.444 e. The number of hydrogen-bond acceptors (Lipinski definition) is 4. The van der Waals surface area contributed by atoms with Gasteiger partial charge in [0, 0.05) is 12.1 Å². The molecule has 0 saturated carbocycles. The fraction of sp³-hybridized carbons (Fsp3) is 0.412. The number of carbonyl (C=O) groups excluding carboxylic acids is 1. The molecule has 1 aliphatic heterocycles. The lowest BCUT2D eigenvalue weighted by Crippen LogP contribution is -2.45. The highest BCUT2D eigenvalue weighted by molar-refractivity contribution is 5.82. The van der Waals surface area contributed by atoms with Crippen LogP contribution in [-0.4, -0.2) is 41.1 Å². The molecule has 1 fully saturated rings. The van der Waals surface area contributed by atoms with E-state index in [0.717, 1.165) is 0 Å². The minimum atomic E-state index is -4.44. The van der Waals surface area contributed by atoms with Gasteiger partial charge >= 0.3 is 6.18 Å². The zero-order chi connectivity index (χ0) is 18.7. The summed E-state index contributed by atoms with van der Waals surface area (Å²) >= 11 is 0. The maximum Gasteiger partial charge on any atom is 0.405 e. The first-order valence-corrected chi connectivity index (χ1v) is 8.11. The van der Waals surface area contributed by atoms with Gasteiger partial charge in [-0.1, -0.05) is 0 Å². The average molecular weight is 371 g/mol. The third-order valence-corrected chi connectivity index (χ3v) is 4.14. The Morgan fingerprint density at radius 3 is 2.73 bits per heavy atom. The Bertz CT molecular complexity index is 758. The fourth-order valence-corrected chi connectivity index (χ4v) is 2.93. The number of carbonyl (C=O) groups is 1. The molecular weight excluding hydrogens is 354 g/mol. The van der Waals surface area contributed by atoms with Crippen LogP contribution in [0.2, 0.25) is 0 Å². The van der Waals surface area contributed by atoms with Gasteiger partial charge in [-0.2, -0.15) is 13.2 Å². The molecule has 0 spiro atoms. The molecule has 1 saturated heterocycles. The van der Waals surface area contributed by atoms with Gasteiger partial charge in [-0.3, -0.25) is 9.69 Å². The summed E-state index contributed by atoms with van der Waals surface area (Å²) in [5.41, 5.74) is 1.17. The Hall–Kier alpha value is -2.42. The third-order valence-electron chi connectivity index (χ3n) is 4.14. The molecule has 1 N–H and O–H groups in total. The average Bonchev–Trinajstić information content (AvgIpc) is 3.23. The second kappa shape index (κ2) is 7.45. The van der Waals surface area contributed by atoms with E-state index < -0.39 is 24.7 Å². The summed E-state index contributed by atoms with van der Waals surface area (Å²) in [5.74, 6) is -0.690. The molecule has 2 aromatic rings. The predicted molar refractivity (Wildman–Crippen MR) is 84.4 cm³/mol. The quantitative estimate of drug-likeness (QED) is 0.821. The van der Waals surface area contributed by atoms with Crippen molar-refractivity contribution in [1.82, 2.24) is 15.2 Å². The van der Waals surface area contributed by atoms with Gasteiger partial charge in [0.15, 0.2) is 0 Å². The maximum absolute atomic E-state index is 13.0. The van der Waals surface area contributed by atoms with Crippen molar-refractivity contribution in [3.63, 3.8) is 0 Å². The molecular formula is C17H17F4N3O2. The number of nitrogens with zero attached hydrogens (tertiary/aromatic N) is 2. The molecule has 0 bridgehead atoms. The molecule has 1 aromatic carbocycles. The van der Waals surface area contributed by atoms with Crippen LogP contribution < -0.4 is 5.32 Å². The third kappa shape index (κ3) is 4.60. The highest BCUT2D eigenvalue weighted by Gasteiger charge is 2.34. The van der Waals surface area contributed by atoms with Crippen LogP contribution in [0.4, 0.5) is 17.6 Å². The molecule has 1 amide bonds. The highest BCUT2D eigenvalue weighted by Crippen LogP contribution is 2.23. The SMILES string of the molecule is O=C(NCC(F)(F)F)[C@H]1CCCN1Cc1coc(-c2ccc(F)cc2)n1. The van der Waals surface area contributed by atoms with E-state index in [1.807, 2.05) is 5.32 Å². The Labute approximate surface area is 147 Å². The molecule has 1 aromatic heterocycles. The first-order chi connectivity index (χ1) is 12.3. The van der Waals surface area contributed by atoms with Crippen LogP contribution in [0.5, 0.6) is 0 Å². The van der Waals surface area contributed by atoms with E-state index in [2.05, 4.69) is 4.98 Å². The van der Waals surface area contributed by atoms with Crippen LogP contribution in [-0.2, 0) is 11.3 Å². The Kier molecular flexibility index (Phi) is 5.26. The minimum Gasteiger partial charge on any atom is -0.444 e. The molecule has 1 atom stereocenters. The lowest BCUT2D eigenvalue weighted by atomic mass is 10.2. The van der Waals surface area contributed by atoms with Gasteiger partial charge < -0.3 is 9.73 Å². The van der Waals surface area contributed by atoms with Gasteiger partial charge in [0.1, 0.15) is 18.6 Å². The lowest BCUT2D eigenvalue weighted by molar-refractivity contribution is -0.141. The van der Waals surface area contributed by atoms with Gasteiger partial charge in [-0.15, -0.1) is 0 Å². The number of alkyl halides is 3. The van der Waals surface area contributed by atoms with Crippen LogP contribution in [0.25, 0.3) is 11.5 Å². The molecule has 26 heavy (non-hydrogen) atoms. The summed E-state index contributed by atoms with van der Waals surface area (Å²) in [7, 11) is 0. The monoisotopic (exact) mass is 371 g/mol. The Balaban J connectivity index is 1.63. The van der Waals surface area contributed by atoms with E-state index in [1.165, 1.54) is 30.5 Å². The number of likely N-dealkylation sites (tertiary alicyclic amines) is 1. The highest BCUT2D eigenvalue weighted by atomic mass is 19.4. The molecule has 9 heteroatoms. The molecule has 0 radical (unpaired) electrons. The second-order valence-electron chi connectivity index (χ2n) is 6.11. The summed E-state index contributed by atoms with van der Waals surface area (Å²) in [6.07, 6.45) is -1.80. The van der Waals surface area contributed by atoms with Crippen LogP contribution in [0, 0.1) is 5.82 Å². The van der Waals surface area contributed by atoms with Crippen LogP contribution in [0.3, 0.4) is 0 Å². The summed E-state index contributed by atoms with van der Waals surface area (Å²) in [6, 6.07) is 5.03. The molecule has 0 unspecified atom stereocenters. The van der Waals surface area contributed by atoms with Crippen LogP contribution in [0.15, 0.2) is 34.9 Å². The van der Waals surface area contributed by atoms with E-state index in [0.29, 0.717) is 36.5 Å². The molecule has 3 rings (SSSR count). The first-order valence-electron chi connectivity index (χ1n) is 8.11. The van der Waals surface area contributed by atoms with Gasteiger partial charge in [0.25, 0.3) is 0 Å². The molecule has 140 valence electrons. The van der Waals surface area contributed by atoms with Crippen molar-refractivity contribution < 1.29 is 26.8 Å². The first kappa shape index (κ1) is 18.4. The fourth-order valence-electron chi connectivity index (χ4n) is 2.93. The van der Waals surface area contributed by atoms with Crippen molar-refractivity contribution in [2.45, 2.75) is 31.6 Å². The normalized spacial score (nSPS) is 18.2. The van der Waals surface area contributed by atoms with Crippen molar-refractivity contribution >= 4 is 5.91 Å². The van der Waals surface area contributed by atoms with E-state index in [1.54, 1.807) is 4.90 Å². The topological polar surface area (TPSA) is 58.4 Å². The van der Waals surface area contributed by atoms with E-state index in [9.17, 15) is 22.4 Å². The van der Waals surface area contributed by atoms with Crippen LogP contribution in [0.1, 0.15) is 18.5 Å². The number of nitrogens with one attached hydrogen (secondary N) is 1. The van der Waals surface area contributed by atoms with Crippen molar-refractivity contribution in [3.8, 4) is 11.5 Å². The van der Waals surface area contributed by atoms with Gasteiger partial charge in [-0.05, 0) is 43.7 Å². The summed E-state index contributed by atoms with van der Waals surface area (Å²) in [5, 5.41) is 1.93. The predicted octanol–water partition coefficient (Wildman–Crippen LogP) is 3.12. The molecule has 1 aliphatic rings. The van der Waals surface area contributed by atoms with Crippen molar-refractivity contribution in [2.24, 2.45) is 0 Å². The number of amides is 1. The number of rotatable bonds is 5. The number of benzene rings is 1.